The van der Waals surface area contributed by atoms with E-state index in [1.807, 2.05) is 0 Å². The predicted molar refractivity (Wildman–Crippen MR) is 89.0 cm³/mol. The summed E-state index contributed by atoms with van der Waals surface area (Å²) in [6.07, 6.45) is 2.77. The van der Waals surface area contributed by atoms with Crippen LogP contribution in [0.3, 0.4) is 0 Å². The lowest BCUT2D eigenvalue weighted by atomic mass is 10.2. The molecule has 0 N–H and O–H groups in total. The summed E-state index contributed by atoms with van der Waals surface area (Å²) in [4.78, 5) is 14.0. The fourth-order valence-electron chi connectivity index (χ4n) is 2.64. The molecule has 0 saturated carbocycles. The first kappa shape index (κ1) is 16.7. The highest BCUT2D eigenvalue weighted by Gasteiger charge is 2.28. The second kappa shape index (κ2) is 6.85. The fraction of sp³-hybridized carbons (Fsp3) is 0.250. The zero-order valence-electron chi connectivity index (χ0n) is 13.9. The summed E-state index contributed by atoms with van der Waals surface area (Å²) < 4.78 is 14.3. The summed E-state index contributed by atoms with van der Waals surface area (Å²) in [7, 11) is 0. The molecule has 1 aliphatic rings. The highest BCUT2D eigenvalue weighted by molar-refractivity contribution is 5.38. The van der Waals surface area contributed by atoms with Crippen molar-refractivity contribution in [1.29, 1.82) is 5.26 Å². The van der Waals surface area contributed by atoms with Crippen LogP contribution in [0.2, 0.25) is 0 Å². The Morgan fingerprint density at radius 2 is 2.19 bits per heavy atom. The molecule has 11 heteroatoms. The Morgan fingerprint density at radius 3 is 2.93 bits per heavy atom. The lowest BCUT2D eigenvalue weighted by Crippen LogP contribution is -2.32. The third kappa shape index (κ3) is 3.46. The van der Waals surface area contributed by atoms with E-state index < -0.39 is 4.92 Å². The number of nitrogens with zero attached hydrogens (tertiary/aromatic N) is 7. The average molecular weight is 367 g/mol. The Morgan fingerprint density at radius 1 is 1.37 bits per heavy atom. The van der Waals surface area contributed by atoms with E-state index in [0.29, 0.717) is 17.8 Å². The molecule has 3 aromatic rings. The first-order chi connectivity index (χ1) is 13.1. The number of hydrogen-bond acceptors (Lipinski definition) is 8. The molecular weight excluding hydrogens is 354 g/mol. The van der Waals surface area contributed by atoms with E-state index in [1.165, 1.54) is 6.20 Å². The maximum atomic E-state index is 10.8. The zero-order valence-corrected chi connectivity index (χ0v) is 13.9. The number of nitriles is 1. The molecule has 1 atom stereocenters. The topological polar surface area (TPSA) is 134 Å². The molecule has 2 aromatic heterocycles. The number of benzene rings is 1. The van der Waals surface area contributed by atoms with Gasteiger partial charge in [0.1, 0.15) is 24.6 Å². The molecule has 0 radical (unpaired) electrons. The number of nitro groups is 1. The number of imidazole rings is 1. The average Bonchev–Trinajstić information content (AvgIpc) is 3.33. The van der Waals surface area contributed by atoms with Crippen LogP contribution < -0.4 is 4.74 Å². The van der Waals surface area contributed by atoms with Crippen LogP contribution in [0.25, 0.3) is 5.69 Å². The van der Waals surface area contributed by atoms with Crippen LogP contribution in [0.1, 0.15) is 11.3 Å². The van der Waals surface area contributed by atoms with Gasteiger partial charge in [0, 0.05) is 4.98 Å². The molecule has 4 rings (SSSR count). The first-order valence-corrected chi connectivity index (χ1v) is 8.00. The van der Waals surface area contributed by atoms with Gasteiger partial charge in [0.25, 0.3) is 0 Å². The third-order valence-electron chi connectivity index (χ3n) is 3.98. The van der Waals surface area contributed by atoms with Gasteiger partial charge in [-0.2, -0.15) is 5.26 Å². The summed E-state index contributed by atoms with van der Waals surface area (Å²) in [5.41, 5.74) is 1.98. The molecule has 11 nitrogen and oxygen atoms in total. The number of aromatic nitrogens is 5. The molecule has 136 valence electrons. The maximum Gasteiger partial charge on any atom is 0.414 e. The Bertz CT molecular complexity index is 1020. The van der Waals surface area contributed by atoms with E-state index in [0.717, 1.165) is 5.69 Å². The van der Waals surface area contributed by atoms with Crippen molar-refractivity contribution in [3.05, 3.63) is 58.0 Å². The van der Waals surface area contributed by atoms with Crippen molar-refractivity contribution in [2.45, 2.75) is 19.3 Å². The standard InChI is InChI=1S/C16H13N7O4/c17-5-11-1-3-13(4-2-11)22-6-12(19-20-22)9-26-14-7-21-8-15(23(24)25)18-16(21)27-10-14/h1-4,6,8,14H,7,9-10H2/t14-/m0/s1. The monoisotopic (exact) mass is 367 g/mol. The van der Waals surface area contributed by atoms with Gasteiger partial charge in [-0.1, -0.05) is 5.21 Å². The van der Waals surface area contributed by atoms with Gasteiger partial charge in [-0.15, -0.1) is 5.10 Å². The molecule has 0 fully saturated rings. The molecule has 0 spiro atoms. The van der Waals surface area contributed by atoms with Crippen LogP contribution >= 0.6 is 0 Å². The van der Waals surface area contributed by atoms with Gasteiger partial charge in [-0.3, -0.25) is 4.57 Å². The Hall–Kier alpha value is -3.78. The number of hydrogen-bond donors (Lipinski definition) is 0. The number of rotatable bonds is 5. The van der Waals surface area contributed by atoms with E-state index in [-0.39, 0.29) is 31.1 Å². The van der Waals surface area contributed by atoms with Crippen LogP contribution in [-0.4, -0.2) is 42.2 Å². The Labute approximate surface area is 152 Å². The second-order valence-electron chi connectivity index (χ2n) is 5.85. The SMILES string of the molecule is N#Cc1ccc(-n2cc(CO[C@@H]3COc4nc([N+](=O)[O-])cn4C3)nn2)cc1. The van der Waals surface area contributed by atoms with Crippen LogP contribution in [0, 0.1) is 21.4 Å². The van der Waals surface area contributed by atoms with Crippen LogP contribution in [0.15, 0.2) is 36.7 Å². The lowest BCUT2D eigenvalue weighted by Gasteiger charge is -2.21. The summed E-state index contributed by atoms with van der Waals surface area (Å²) in [6.45, 7) is 0.869. The molecular formula is C16H13N7O4. The Kier molecular flexibility index (Phi) is 4.23. The van der Waals surface area contributed by atoms with Crippen LogP contribution in [0.5, 0.6) is 6.01 Å². The van der Waals surface area contributed by atoms with Gasteiger partial charge in [0.2, 0.25) is 0 Å². The summed E-state index contributed by atoms with van der Waals surface area (Å²) in [5, 5.41) is 27.7. The molecule has 0 unspecified atom stereocenters. The van der Waals surface area contributed by atoms with Crippen molar-refractivity contribution < 1.29 is 14.4 Å². The predicted octanol–water partition coefficient (Wildman–Crippen LogP) is 1.22. The van der Waals surface area contributed by atoms with Gasteiger partial charge < -0.3 is 19.6 Å². The van der Waals surface area contributed by atoms with Crippen molar-refractivity contribution in [1.82, 2.24) is 24.5 Å². The van der Waals surface area contributed by atoms with Gasteiger partial charge in [0.15, 0.2) is 0 Å². The van der Waals surface area contributed by atoms with Crippen molar-refractivity contribution in [3.8, 4) is 17.8 Å². The maximum absolute atomic E-state index is 10.8. The zero-order chi connectivity index (χ0) is 18.8. The molecule has 0 saturated heterocycles. The van der Waals surface area contributed by atoms with Gasteiger partial charge in [-0.05, 0) is 29.2 Å². The van der Waals surface area contributed by atoms with Crippen molar-refractivity contribution in [2.24, 2.45) is 0 Å². The minimum absolute atomic E-state index is 0.216. The van der Waals surface area contributed by atoms with E-state index in [9.17, 15) is 10.1 Å². The Balaban J connectivity index is 1.37. The van der Waals surface area contributed by atoms with E-state index >= 15 is 0 Å². The van der Waals surface area contributed by atoms with E-state index in [1.54, 1.807) is 39.7 Å². The molecule has 0 aliphatic carbocycles. The largest absolute Gasteiger partial charge is 0.443 e. The number of ether oxygens (including phenoxy) is 2. The smallest absolute Gasteiger partial charge is 0.414 e. The molecule has 0 amide bonds. The quantitative estimate of drug-likeness (QED) is 0.485. The third-order valence-corrected chi connectivity index (χ3v) is 3.98. The summed E-state index contributed by atoms with van der Waals surface area (Å²) >= 11 is 0. The highest BCUT2D eigenvalue weighted by Crippen LogP contribution is 2.22. The van der Waals surface area contributed by atoms with E-state index in [4.69, 9.17) is 14.7 Å². The van der Waals surface area contributed by atoms with E-state index in [2.05, 4.69) is 21.4 Å². The fourth-order valence-corrected chi connectivity index (χ4v) is 2.64. The minimum atomic E-state index is -0.563. The summed E-state index contributed by atoms with van der Waals surface area (Å²) in [5.74, 6) is -0.254. The molecule has 27 heavy (non-hydrogen) atoms. The van der Waals surface area contributed by atoms with Crippen molar-refractivity contribution in [2.75, 3.05) is 6.61 Å². The minimum Gasteiger partial charge on any atom is -0.443 e. The summed E-state index contributed by atoms with van der Waals surface area (Å²) in [6, 6.07) is 9.24. The normalized spacial score (nSPS) is 15.6. The van der Waals surface area contributed by atoms with Crippen LogP contribution in [-0.2, 0) is 17.9 Å². The van der Waals surface area contributed by atoms with Crippen molar-refractivity contribution >= 4 is 5.82 Å². The van der Waals surface area contributed by atoms with Crippen molar-refractivity contribution in [3.63, 3.8) is 0 Å². The van der Waals surface area contributed by atoms with Gasteiger partial charge in [0.05, 0.1) is 36.7 Å². The highest BCUT2D eigenvalue weighted by atomic mass is 16.6. The molecule has 1 aromatic carbocycles. The first-order valence-electron chi connectivity index (χ1n) is 8.00. The lowest BCUT2D eigenvalue weighted by molar-refractivity contribution is -0.389. The second-order valence-corrected chi connectivity index (χ2v) is 5.85. The molecule has 1 aliphatic heterocycles. The van der Waals surface area contributed by atoms with Gasteiger partial charge in [-0.25, -0.2) is 4.68 Å². The van der Waals surface area contributed by atoms with Crippen LogP contribution in [0.4, 0.5) is 5.82 Å². The van der Waals surface area contributed by atoms with Gasteiger partial charge >= 0.3 is 11.8 Å². The molecule has 3 heterocycles. The number of fused-ring (bicyclic) bond motifs is 1. The molecule has 0 bridgehead atoms.